The molecule has 1 amide bonds. The van der Waals surface area contributed by atoms with E-state index in [4.69, 9.17) is 21.1 Å². The van der Waals surface area contributed by atoms with Gasteiger partial charge in [-0.1, -0.05) is 35.9 Å². The standard InChI is InChI=1S/C21H17ClN2O5S/c22-17-11-15(7-8-18(17)24-30(26,27)16-4-2-1-3-5-16)21(25)23-12-14-6-9-19-20(10-14)29-13-28-19/h1-11,24H,12-13H2,(H,23,25). The van der Waals surface area contributed by atoms with Crippen LogP contribution in [0.3, 0.4) is 0 Å². The average molecular weight is 445 g/mol. The van der Waals surface area contributed by atoms with Crippen LogP contribution in [-0.2, 0) is 16.6 Å². The first-order valence-corrected chi connectivity index (χ1v) is 10.8. The van der Waals surface area contributed by atoms with Crippen LogP contribution in [-0.4, -0.2) is 21.1 Å². The normalized spacial score (nSPS) is 12.4. The topological polar surface area (TPSA) is 93.7 Å². The van der Waals surface area contributed by atoms with E-state index in [1.165, 1.54) is 30.3 Å². The van der Waals surface area contributed by atoms with Gasteiger partial charge in [-0.3, -0.25) is 9.52 Å². The Morgan fingerprint density at radius 2 is 1.73 bits per heavy atom. The summed E-state index contributed by atoms with van der Waals surface area (Å²) in [5, 5.41) is 2.91. The number of sulfonamides is 1. The second kappa shape index (κ2) is 8.25. The summed E-state index contributed by atoms with van der Waals surface area (Å²) in [6.45, 7) is 0.472. The number of carbonyl (C=O) groups excluding carboxylic acids is 1. The van der Waals surface area contributed by atoms with Gasteiger partial charge in [-0.05, 0) is 48.0 Å². The van der Waals surface area contributed by atoms with E-state index in [1.807, 2.05) is 6.07 Å². The van der Waals surface area contributed by atoms with Crippen molar-refractivity contribution in [2.24, 2.45) is 0 Å². The fourth-order valence-corrected chi connectivity index (χ4v) is 4.26. The number of anilines is 1. The lowest BCUT2D eigenvalue weighted by molar-refractivity contribution is 0.0951. The van der Waals surface area contributed by atoms with E-state index >= 15 is 0 Å². The quantitative estimate of drug-likeness (QED) is 0.603. The molecule has 0 aromatic heterocycles. The molecule has 30 heavy (non-hydrogen) atoms. The van der Waals surface area contributed by atoms with Crippen molar-refractivity contribution in [3.8, 4) is 11.5 Å². The smallest absolute Gasteiger partial charge is 0.261 e. The van der Waals surface area contributed by atoms with Crippen LogP contribution in [0.5, 0.6) is 11.5 Å². The van der Waals surface area contributed by atoms with Gasteiger partial charge in [0.15, 0.2) is 11.5 Å². The number of halogens is 1. The van der Waals surface area contributed by atoms with Crippen molar-refractivity contribution in [2.75, 3.05) is 11.5 Å². The molecular formula is C21H17ClN2O5S. The van der Waals surface area contributed by atoms with Crippen LogP contribution in [0.1, 0.15) is 15.9 Å². The Balaban J connectivity index is 1.43. The summed E-state index contributed by atoms with van der Waals surface area (Å²) < 4.78 is 37.9. The van der Waals surface area contributed by atoms with Crippen molar-refractivity contribution in [1.29, 1.82) is 0 Å². The monoisotopic (exact) mass is 444 g/mol. The van der Waals surface area contributed by atoms with Crippen molar-refractivity contribution >= 4 is 33.2 Å². The molecule has 0 spiro atoms. The molecule has 9 heteroatoms. The minimum Gasteiger partial charge on any atom is -0.454 e. The number of carbonyl (C=O) groups is 1. The third kappa shape index (κ3) is 4.34. The average Bonchev–Trinajstić information content (AvgIpc) is 3.22. The zero-order valence-corrected chi connectivity index (χ0v) is 17.2. The predicted octanol–water partition coefficient (Wildman–Crippen LogP) is 3.80. The Kier molecular flexibility index (Phi) is 5.52. The van der Waals surface area contributed by atoms with Crippen LogP contribution >= 0.6 is 11.6 Å². The van der Waals surface area contributed by atoms with Crippen molar-refractivity contribution in [1.82, 2.24) is 5.32 Å². The predicted molar refractivity (Wildman–Crippen MR) is 112 cm³/mol. The van der Waals surface area contributed by atoms with Gasteiger partial charge in [0.25, 0.3) is 15.9 Å². The fourth-order valence-electron chi connectivity index (χ4n) is 2.88. The second-order valence-electron chi connectivity index (χ2n) is 6.48. The van der Waals surface area contributed by atoms with Gasteiger partial charge in [-0.15, -0.1) is 0 Å². The third-order valence-corrected chi connectivity index (χ3v) is 6.11. The molecule has 0 saturated carbocycles. The maximum Gasteiger partial charge on any atom is 0.261 e. The summed E-state index contributed by atoms with van der Waals surface area (Å²) in [6, 6.07) is 17.7. The molecule has 0 saturated heterocycles. The Morgan fingerprint density at radius 1 is 0.967 bits per heavy atom. The van der Waals surface area contributed by atoms with Gasteiger partial charge < -0.3 is 14.8 Å². The number of benzene rings is 3. The highest BCUT2D eigenvalue weighted by Crippen LogP contribution is 2.32. The molecule has 3 aromatic carbocycles. The number of nitrogens with one attached hydrogen (secondary N) is 2. The molecule has 7 nitrogen and oxygen atoms in total. The first-order valence-electron chi connectivity index (χ1n) is 8.96. The lowest BCUT2D eigenvalue weighted by atomic mass is 10.1. The van der Waals surface area contributed by atoms with Gasteiger partial charge in [0.05, 0.1) is 15.6 Å². The largest absolute Gasteiger partial charge is 0.454 e. The Bertz CT molecular complexity index is 1200. The Labute approximate surface area is 178 Å². The number of fused-ring (bicyclic) bond motifs is 1. The summed E-state index contributed by atoms with van der Waals surface area (Å²) in [6.07, 6.45) is 0. The minimum absolute atomic E-state index is 0.116. The summed E-state index contributed by atoms with van der Waals surface area (Å²) in [7, 11) is -3.78. The summed E-state index contributed by atoms with van der Waals surface area (Å²) in [5.74, 6) is 0.970. The molecular weight excluding hydrogens is 428 g/mol. The molecule has 0 fully saturated rings. The first kappa shape index (κ1) is 20.1. The lowest BCUT2D eigenvalue weighted by Crippen LogP contribution is -2.23. The van der Waals surface area contributed by atoms with Crippen LogP contribution in [0.15, 0.2) is 71.6 Å². The van der Waals surface area contributed by atoms with E-state index in [-0.39, 0.29) is 34.9 Å². The van der Waals surface area contributed by atoms with E-state index < -0.39 is 10.0 Å². The van der Waals surface area contributed by atoms with Gasteiger partial charge in [0.2, 0.25) is 6.79 Å². The second-order valence-corrected chi connectivity index (χ2v) is 8.57. The molecule has 1 aliphatic heterocycles. The van der Waals surface area contributed by atoms with Gasteiger partial charge in [0.1, 0.15) is 0 Å². The van der Waals surface area contributed by atoms with Gasteiger partial charge in [-0.25, -0.2) is 8.42 Å². The fraction of sp³-hybridized carbons (Fsp3) is 0.0952. The number of ether oxygens (including phenoxy) is 2. The molecule has 2 N–H and O–H groups in total. The Hall–Kier alpha value is -3.23. The third-order valence-electron chi connectivity index (χ3n) is 4.42. The van der Waals surface area contributed by atoms with Gasteiger partial charge >= 0.3 is 0 Å². The molecule has 0 bridgehead atoms. The number of amides is 1. The number of hydrogen-bond donors (Lipinski definition) is 2. The number of rotatable bonds is 6. The van der Waals surface area contributed by atoms with Gasteiger partial charge in [-0.2, -0.15) is 0 Å². The van der Waals surface area contributed by atoms with Crippen molar-refractivity contribution in [3.05, 3.63) is 82.9 Å². The first-order chi connectivity index (χ1) is 14.4. The van der Waals surface area contributed by atoms with E-state index in [1.54, 1.807) is 30.3 Å². The van der Waals surface area contributed by atoms with Crippen LogP contribution in [0.25, 0.3) is 0 Å². The highest BCUT2D eigenvalue weighted by molar-refractivity contribution is 7.92. The van der Waals surface area contributed by atoms with E-state index in [0.29, 0.717) is 17.1 Å². The molecule has 0 aliphatic carbocycles. The maximum atomic E-state index is 12.5. The van der Waals surface area contributed by atoms with E-state index in [9.17, 15) is 13.2 Å². The molecule has 1 aliphatic rings. The van der Waals surface area contributed by atoms with Gasteiger partial charge in [0, 0.05) is 12.1 Å². The van der Waals surface area contributed by atoms with Crippen molar-refractivity contribution in [2.45, 2.75) is 11.4 Å². The van der Waals surface area contributed by atoms with E-state index in [0.717, 1.165) is 5.56 Å². The molecule has 154 valence electrons. The number of hydrogen-bond acceptors (Lipinski definition) is 5. The molecule has 0 atom stereocenters. The molecule has 1 heterocycles. The summed E-state index contributed by atoms with van der Waals surface area (Å²) in [4.78, 5) is 12.6. The highest BCUT2D eigenvalue weighted by atomic mass is 35.5. The maximum absolute atomic E-state index is 12.5. The van der Waals surface area contributed by atoms with Crippen molar-refractivity contribution < 1.29 is 22.7 Å². The van der Waals surface area contributed by atoms with Crippen molar-refractivity contribution in [3.63, 3.8) is 0 Å². The lowest BCUT2D eigenvalue weighted by Gasteiger charge is -2.11. The Morgan fingerprint density at radius 3 is 2.50 bits per heavy atom. The molecule has 0 radical (unpaired) electrons. The zero-order valence-electron chi connectivity index (χ0n) is 15.6. The van der Waals surface area contributed by atoms with Crippen LogP contribution in [0.4, 0.5) is 5.69 Å². The SMILES string of the molecule is O=C(NCc1ccc2c(c1)OCO2)c1ccc(NS(=O)(=O)c2ccccc2)c(Cl)c1. The zero-order chi connectivity index (χ0) is 21.1. The van der Waals surface area contributed by atoms with Crippen LogP contribution < -0.4 is 19.5 Å². The molecule has 3 aromatic rings. The molecule has 0 unspecified atom stereocenters. The van der Waals surface area contributed by atoms with Crippen LogP contribution in [0.2, 0.25) is 5.02 Å². The highest BCUT2D eigenvalue weighted by Gasteiger charge is 2.17. The van der Waals surface area contributed by atoms with E-state index in [2.05, 4.69) is 10.0 Å². The molecule has 4 rings (SSSR count). The van der Waals surface area contributed by atoms with Crippen LogP contribution in [0, 0.1) is 0 Å². The minimum atomic E-state index is -3.78. The summed E-state index contributed by atoms with van der Waals surface area (Å²) in [5.41, 5.74) is 1.35. The summed E-state index contributed by atoms with van der Waals surface area (Å²) >= 11 is 6.21.